The van der Waals surface area contributed by atoms with Crippen molar-refractivity contribution in [2.24, 2.45) is 0 Å². The summed E-state index contributed by atoms with van der Waals surface area (Å²) in [5.74, 6) is 0.322. The van der Waals surface area contributed by atoms with Crippen LogP contribution in [0, 0.1) is 0 Å². The maximum absolute atomic E-state index is 12.6. The Bertz CT molecular complexity index is 796. The summed E-state index contributed by atoms with van der Waals surface area (Å²) in [6, 6.07) is 5.98. The number of rotatable bonds is 4. The SMILES string of the molecule is CC12CCC(=O)N1C(C(=O)Nc1cccc(NS(C)(=O)=O)c1)CS2. The predicted octanol–water partition coefficient (Wildman–Crippen LogP) is 1.45. The van der Waals surface area contributed by atoms with E-state index in [1.807, 2.05) is 6.92 Å². The van der Waals surface area contributed by atoms with Crippen molar-refractivity contribution < 1.29 is 18.0 Å². The quantitative estimate of drug-likeness (QED) is 0.837. The van der Waals surface area contributed by atoms with Crippen molar-refractivity contribution in [2.75, 3.05) is 22.0 Å². The number of anilines is 2. The molecule has 2 unspecified atom stereocenters. The van der Waals surface area contributed by atoms with E-state index in [4.69, 9.17) is 0 Å². The fraction of sp³-hybridized carbons (Fsp3) is 0.467. The molecule has 0 spiro atoms. The van der Waals surface area contributed by atoms with Gasteiger partial charge in [-0.3, -0.25) is 14.3 Å². The second-order valence-corrected chi connectivity index (χ2v) is 9.46. The van der Waals surface area contributed by atoms with Gasteiger partial charge in [-0.2, -0.15) is 0 Å². The van der Waals surface area contributed by atoms with Crippen LogP contribution in [0.1, 0.15) is 19.8 Å². The zero-order valence-electron chi connectivity index (χ0n) is 13.4. The highest BCUT2D eigenvalue weighted by atomic mass is 32.2. The molecule has 2 saturated heterocycles. The van der Waals surface area contributed by atoms with E-state index in [1.165, 1.54) is 0 Å². The highest BCUT2D eigenvalue weighted by molar-refractivity contribution is 8.01. The summed E-state index contributed by atoms with van der Waals surface area (Å²) in [4.78, 5) is 26.1. The van der Waals surface area contributed by atoms with Gasteiger partial charge in [-0.15, -0.1) is 11.8 Å². The van der Waals surface area contributed by atoms with Crippen molar-refractivity contribution in [1.82, 2.24) is 4.90 Å². The first kappa shape index (κ1) is 17.1. The normalized spacial score (nSPS) is 26.3. The van der Waals surface area contributed by atoms with E-state index >= 15 is 0 Å². The van der Waals surface area contributed by atoms with Crippen LogP contribution in [-0.4, -0.2) is 48.1 Å². The summed E-state index contributed by atoms with van der Waals surface area (Å²) >= 11 is 1.63. The fourth-order valence-electron chi connectivity index (χ4n) is 3.11. The Morgan fingerprint density at radius 1 is 1.38 bits per heavy atom. The lowest BCUT2D eigenvalue weighted by atomic mass is 10.2. The number of carbonyl (C=O) groups is 2. The number of nitrogens with zero attached hydrogens (tertiary/aromatic N) is 1. The third kappa shape index (κ3) is 3.36. The zero-order chi connectivity index (χ0) is 17.5. The largest absolute Gasteiger partial charge is 0.324 e. The Morgan fingerprint density at radius 2 is 2.08 bits per heavy atom. The molecule has 0 bridgehead atoms. The minimum atomic E-state index is -3.38. The van der Waals surface area contributed by atoms with Crippen LogP contribution in [0.25, 0.3) is 0 Å². The summed E-state index contributed by atoms with van der Waals surface area (Å²) < 4.78 is 25.0. The fourth-order valence-corrected chi connectivity index (χ4v) is 5.10. The van der Waals surface area contributed by atoms with Crippen LogP contribution in [0.5, 0.6) is 0 Å². The highest BCUT2D eigenvalue weighted by Crippen LogP contribution is 2.47. The third-order valence-corrected chi connectivity index (χ3v) is 6.29. The number of hydrogen-bond acceptors (Lipinski definition) is 5. The average Bonchev–Trinajstić information content (AvgIpc) is 2.94. The Hall–Kier alpha value is -1.74. The summed E-state index contributed by atoms with van der Waals surface area (Å²) in [5.41, 5.74) is 0.858. The molecule has 2 amide bonds. The standard InChI is InChI=1S/C15H19N3O4S2/c1-15-7-6-13(19)18(15)12(9-23-15)14(20)16-10-4-3-5-11(8-10)17-24(2,21)22/h3-5,8,12,17H,6-7,9H2,1-2H3,(H,16,20). The molecule has 7 nitrogen and oxygen atoms in total. The molecule has 2 N–H and O–H groups in total. The number of nitrogens with one attached hydrogen (secondary N) is 2. The van der Waals surface area contributed by atoms with Crippen LogP contribution < -0.4 is 10.0 Å². The maximum Gasteiger partial charge on any atom is 0.248 e. The monoisotopic (exact) mass is 369 g/mol. The molecule has 2 fully saturated rings. The number of hydrogen-bond donors (Lipinski definition) is 2. The smallest absolute Gasteiger partial charge is 0.248 e. The molecule has 9 heteroatoms. The van der Waals surface area contributed by atoms with Crippen molar-refractivity contribution >= 4 is 45.0 Å². The van der Waals surface area contributed by atoms with E-state index < -0.39 is 16.1 Å². The van der Waals surface area contributed by atoms with E-state index in [2.05, 4.69) is 10.0 Å². The molecule has 0 aromatic heterocycles. The van der Waals surface area contributed by atoms with Gasteiger partial charge in [0.15, 0.2) is 0 Å². The van der Waals surface area contributed by atoms with Gasteiger partial charge in [-0.1, -0.05) is 6.07 Å². The number of sulfonamides is 1. The van der Waals surface area contributed by atoms with E-state index in [1.54, 1.807) is 40.9 Å². The number of amides is 2. The van der Waals surface area contributed by atoms with Crippen LogP contribution in [0.2, 0.25) is 0 Å². The third-order valence-electron chi connectivity index (χ3n) is 4.18. The van der Waals surface area contributed by atoms with E-state index in [0.29, 0.717) is 23.5 Å². The molecule has 2 aliphatic heterocycles. The molecule has 1 aromatic carbocycles. The predicted molar refractivity (Wildman–Crippen MR) is 94.3 cm³/mol. The van der Waals surface area contributed by atoms with Gasteiger partial charge in [0, 0.05) is 17.9 Å². The van der Waals surface area contributed by atoms with Crippen molar-refractivity contribution in [3.8, 4) is 0 Å². The number of benzene rings is 1. The molecule has 0 radical (unpaired) electrons. The lowest BCUT2D eigenvalue weighted by Crippen LogP contribution is -2.48. The molecule has 2 aliphatic rings. The Morgan fingerprint density at radius 3 is 2.79 bits per heavy atom. The molecule has 1 aromatic rings. The van der Waals surface area contributed by atoms with Gasteiger partial charge in [0.25, 0.3) is 0 Å². The molecule has 130 valence electrons. The van der Waals surface area contributed by atoms with Crippen molar-refractivity contribution in [3.63, 3.8) is 0 Å². The second kappa shape index (κ2) is 5.96. The molecule has 3 rings (SSSR count). The minimum absolute atomic E-state index is 0.00939. The van der Waals surface area contributed by atoms with Crippen molar-refractivity contribution in [2.45, 2.75) is 30.7 Å². The number of fused-ring (bicyclic) bond motifs is 1. The molecule has 2 heterocycles. The topological polar surface area (TPSA) is 95.6 Å². The molecule has 2 atom stereocenters. The van der Waals surface area contributed by atoms with Crippen LogP contribution in [0.15, 0.2) is 24.3 Å². The van der Waals surface area contributed by atoms with Crippen molar-refractivity contribution in [3.05, 3.63) is 24.3 Å². The van der Waals surface area contributed by atoms with Gasteiger partial charge in [0.05, 0.1) is 16.8 Å². The van der Waals surface area contributed by atoms with Gasteiger partial charge >= 0.3 is 0 Å². The van der Waals surface area contributed by atoms with Gasteiger partial charge in [-0.05, 0) is 31.5 Å². The molecule has 0 saturated carbocycles. The molecule has 0 aliphatic carbocycles. The average molecular weight is 369 g/mol. The van der Waals surface area contributed by atoms with Crippen LogP contribution in [0.3, 0.4) is 0 Å². The van der Waals surface area contributed by atoms with Gasteiger partial charge < -0.3 is 10.2 Å². The Labute approximate surface area is 145 Å². The minimum Gasteiger partial charge on any atom is -0.324 e. The van der Waals surface area contributed by atoms with E-state index in [9.17, 15) is 18.0 Å². The molecular formula is C15H19N3O4S2. The van der Waals surface area contributed by atoms with Gasteiger partial charge in [-0.25, -0.2) is 8.42 Å². The zero-order valence-corrected chi connectivity index (χ0v) is 15.0. The first-order valence-electron chi connectivity index (χ1n) is 7.53. The van der Waals surface area contributed by atoms with Crippen LogP contribution in [-0.2, 0) is 19.6 Å². The number of thioether (sulfide) groups is 1. The lowest BCUT2D eigenvalue weighted by molar-refractivity contribution is -0.135. The maximum atomic E-state index is 12.6. The van der Waals surface area contributed by atoms with Crippen LogP contribution in [0.4, 0.5) is 11.4 Å². The van der Waals surface area contributed by atoms with Crippen LogP contribution >= 0.6 is 11.8 Å². The summed E-state index contributed by atoms with van der Waals surface area (Å²) in [6.07, 6.45) is 2.29. The van der Waals surface area contributed by atoms with Gasteiger partial charge in [0.2, 0.25) is 21.8 Å². The summed E-state index contributed by atoms with van der Waals surface area (Å²) in [7, 11) is -3.38. The Kier molecular flexibility index (Phi) is 4.25. The van der Waals surface area contributed by atoms with Gasteiger partial charge in [0.1, 0.15) is 6.04 Å². The summed E-state index contributed by atoms with van der Waals surface area (Å²) in [6.45, 7) is 1.99. The second-order valence-electron chi connectivity index (χ2n) is 6.21. The lowest BCUT2D eigenvalue weighted by Gasteiger charge is -2.29. The first-order chi connectivity index (χ1) is 11.2. The Balaban J connectivity index is 1.74. The first-order valence-corrected chi connectivity index (χ1v) is 10.4. The summed E-state index contributed by atoms with van der Waals surface area (Å²) in [5, 5.41) is 2.78. The molecule has 24 heavy (non-hydrogen) atoms. The van der Waals surface area contributed by atoms with E-state index in [-0.39, 0.29) is 16.7 Å². The van der Waals surface area contributed by atoms with Crippen molar-refractivity contribution in [1.29, 1.82) is 0 Å². The highest BCUT2D eigenvalue weighted by Gasteiger charge is 2.52. The molecular weight excluding hydrogens is 350 g/mol. The number of carbonyl (C=O) groups excluding carboxylic acids is 2. The van der Waals surface area contributed by atoms with E-state index in [0.717, 1.165) is 12.7 Å².